The number of halogens is 3. The predicted octanol–water partition coefficient (Wildman–Crippen LogP) is 2.05. The second-order valence-corrected chi connectivity index (χ2v) is 3.66. The Bertz CT molecular complexity index is 452. The molecular formula is C10H10F3NO4. The molecule has 1 atom stereocenters. The van der Waals surface area contributed by atoms with Gasteiger partial charge in [-0.1, -0.05) is 0 Å². The van der Waals surface area contributed by atoms with E-state index >= 15 is 0 Å². The van der Waals surface area contributed by atoms with E-state index in [0.29, 0.717) is 0 Å². The van der Waals surface area contributed by atoms with Crippen molar-refractivity contribution in [3.63, 3.8) is 0 Å². The molecule has 0 spiro atoms. The third-order valence-electron chi connectivity index (χ3n) is 1.96. The number of amides is 1. The predicted molar refractivity (Wildman–Crippen MR) is 53.3 cm³/mol. The van der Waals surface area contributed by atoms with Crippen molar-refractivity contribution in [2.75, 3.05) is 0 Å². The van der Waals surface area contributed by atoms with Gasteiger partial charge in [0.05, 0.1) is 6.42 Å². The van der Waals surface area contributed by atoms with Crippen molar-refractivity contribution >= 4 is 11.9 Å². The minimum Gasteiger partial charge on any atom is -0.475 e. The van der Waals surface area contributed by atoms with Crippen LogP contribution in [0.3, 0.4) is 0 Å². The van der Waals surface area contributed by atoms with E-state index in [0.717, 1.165) is 12.1 Å². The van der Waals surface area contributed by atoms with E-state index < -0.39 is 36.3 Å². The summed E-state index contributed by atoms with van der Waals surface area (Å²) in [6, 6.07) is 1.00. The number of carboxylic acid groups (broad SMARTS) is 1. The van der Waals surface area contributed by atoms with Gasteiger partial charge < -0.3 is 14.8 Å². The van der Waals surface area contributed by atoms with E-state index in [1.807, 2.05) is 0 Å². The van der Waals surface area contributed by atoms with Gasteiger partial charge in [-0.15, -0.1) is 0 Å². The summed E-state index contributed by atoms with van der Waals surface area (Å²) in [6.07, 6.45) is -5.56. The van der Waals surface area contributed by atoms with E-state index in [-0.39, 0.29) is 5.76 Å². The average Bonchev–Trinajstić information content (AvgIpc) is 2.62. The molecule has 0 saturated heterocycles. The summed E-state index contributed by atoms with van der Waals surface area (Å²) in [5.74, 6) is -3.05. The lowest BCUT2D eigenvalue weighted by Crippen LogP contribution is -2.35. The number of hydrogen-bond donors (Lipinski definition) is 2. The second kappa shape index (κ2) is 5.11. The zero-order valence-electron chi connectivity index (χ0n) is 9.25. The van der Waals surface area contributed by atoms with E-state index in [9.17, 15) is 22.8 Å². The number of alkyl halides is 3. The molecule has 2 N–H and O–H groups in total. The third-order valence-corrected chi connectivity index (χ3v) is 1.96. The van der Waals surface area contributed by atoms with E-state index in [4.69, 9.17) is 5.11 Å². The molecule has 1 unspecified atom stereocenters. The van der Waals surface area contributed by atoms with Crippen molar-refractivity contribution in [1.82, 2.24) is 5.32 Å². The summed E-state index contributed by atoms with van der Waals surface area (Å²) >= 11 is 0. The highest BCUT2D eigenvalue weighted by Gasteiger charge is 2.31. The number of carbonyl (C=O) groups is 2. The van der Waals surface area contributed by atoms with Crippen LogP contribution in [0.2, 0.25) is 0 Å². The molecule has 0 aliphatic rings. The van der Waals surface area contributed by atoms with Gasteiger partial charge in [-0.2, -0.15) is 13.2 Å². The van der Waals surface area contributed by atoms with Crippen LogP contribution in [-0.2, 0) is 0 Å². The fourth-order valence-electron chi connectivity index (χ4n) is 1.27. The molecule has 0 aliphatic heterocycles. The molecule has 0 aliphatic carbocycles. The topological polar surface area (TPSA) is 79.5 Å². The van der Waals surface area contributed by atoms with Crippen LogP contribution in [0.5, 0.6) is 0 Å². The zero-order valence-corrected chi connectivity index (χ0v) is 9.25. The Morgan fingerprint density at radius 3 is 2.39 bits per heavy atom. The summed E-state index contributed by atoms with van der Waals surface area (Å²) in [4.78, 5) is 21.9. The quantitative estimate of drug-likeness (QED) is 0.873. The molecule has 0 saturated carbocycles. The van der Waals surface area contributed by atoms with Crippen LogP contribution in [0.15, 0.2) is 16.5 Å². The Labute approximate surface area is 99.6 Å². The summed E-state index contributed by atoms with van der Waals surface area (Å²) in [6.45, 7) is 1.19. The number of carboxylic acids is 1. The van der Waals surface area contributed by atoms with Crippen molar-refractivity contribution in [3.8, 4) is 0 Å². The Balaban J connectivity index is 2.62. The normalized spacial score (nSPS) is 13.1. The van der Waals surface area contributed by atoms with Crippen molar-refractivity contribution < 1.29 is 32.3 Å². The molecule has 1 heterocycles. The first-order valence-corrected chi connectivity index (χ1v) is 4.90. The number of furan rings is 1. The Hall–Kier alpha value is -1.99. The van der Waals surface area contributed by atoms with Crippen LogP contribution in [0, 0.1) is 0 Å². The molecule has 18 heavy (non-hydrogen) atoms. The highest BCUT2D eigenvalue weighted by Crippen LogP contribution is 2.21. The first-order valence-electron chi connectivity index (χ1n) is 4.90. The van der Waals surface area contributed by atoms with Crippen molar-refractivity contribution in [1.29, 1.82) is 0 Å². The maximum Gasteiger partial charge on any atom is 0.391 e. The largest absolute Gasteiger partial charge is 0.475 e. The molecule has 1 amide bonds. The molecule has 0 fully saturated rings. The van der Waals surface area contributed by atoms with Crippen molar-refractivity contribution in [3.05, 3.63) is 23.7 Å². The standard InChI is InChI=1S/C10H10F3NO4/c1-5(4-10(11,12)13)14-8(15)6-2-3-7(18-6)9(16)17/h2-3,5H,4H2,1H3,(H,14,15)(H,16,17). The van der Waals surface area contributed by atoms with Gasteiger partial charge in [0, 0.05) is 6.04 Å². The molecule has 0 bridgehead atoms. The SMILES string of the molecule is CC(CC(F)(F)F)NC(=O)c1ccc(C(=O)O)o1. The highest BCUT2D eigenvalue weighted by molar-refractivity contribution is 5.93. The number of nitrogens with one attached hydrogen (secondary N) is 1. The van der Waals surface area contributed by atoms with E-state index in [1.54, 1.807) is 0 Å². The fraction of sp³-hybridized carbons (Fsp3) is 0.400. The maximum absolute atomic E-state index is 12.0. The monoisotopic (exact) mass is 265 g/mol. The van der Waals surface area contributed by atoms with Gasteiger partial charge in [0.25, 0.3) is 5.91 Å². The average molecular weight is 265 g/mol. The van der Waals surface area contributed by atoms with Gasteiger partial charge in [-0.05, 0) is 19.1 Å². The van der Waals surface area contributed by atoms with Crippen LogP contribution < -0.4 is 5.32 Å². The lowest BCUT2D eigenvalue weighted by atomic mass is 10.2. The Morgan fingerprint density at radius 2 is 1.94 bits per heavy atom. The molecule has 0 radical (unpaired) electrons. The first-order chi connectivity index (χ1) is 8.19. The van der Waals surface area contributed by atoms with Crippen molar-refractivity contribution in [2.24, 2.45) is 0 Å². The summed E-state index contributed by atoms with van der Waals surface area (Å²) in [5.41, 5.74) is 0. The Morgan fingerprint density at radius 1 is 1.39 bits per heavy atom. The van der Waals surface area contributed by atoms with E-state index in [2.05, 4.69) is 9.73 Å². The van der Waals surface area contributed by atoms with Gasteiger partial charge in [-0.25, -0.2) is 4.79 Å². The van der Waals surface area contributed by atoms with Crippen molar-refractivity contribution in [2.45, 2.75) is 25.6 Å². The molecule has 1 rings (SSSR count). The zero-order chi connectivity index (χ0) is 13.9. The summed E-state index contributed by atoms with van der Waals surface area (Å²) in [5, 5.41) is 10.6. The van der Waals surface area contributed by atoms with Gasteiger partial charge in [-0.3, -0.25) is 4.79 Å². The van der Waals surface area contributed by atoms with Crippen LogP contribution in [-0.4, -0.2) is 29.2 Å². The molecular weight excluding hydrogens is 255 g/mol. The number of hydrogen-bond acceptors (Lipinski definition) is 3. The first kappa shape index (κ1) is 14.1. The van der Waals surface area contributed by atoms with Crippen LogP contribution >= 0.6 is 0 Å². The number of rotatable bonds is 4. The molecule has 5 nitrogen and oxygen atoms in total. The molecule has 0 aromatic carbocycles. The van der Waals surface area contributed by atoms with E-state index in [1.165, 1.54) is 6.92 Å². The third kappa shape index (κ3) is 4.11. The fourth-order valence-corrected chi connectivity index (χ4v) is 1.27. The number of carbonyl (C=O) groups excluding carboxylic acids is 1. The lowest BCUT2D eigenvalue weighted by molar-refractivity contribution is -0.138. The smallest absolute Gasteiger partial charge is 0.391 e. The molecule has 8 heteroatoms. The maximum atomic E-state index is 12.0. The highest BCUT2D eigenvalue weighted by atomic mass is 19.4. The molecule has 1 aromatic heterocycles. The van der Waals surface area contributed by atoms with Crippen LogP contribution in [0.1, 0.15) is 34.5 Å². The minimum absolute atomic E-state index is 0.346. The van der Waals surface area contributed by atoms with Crippen LogP contribution in [0.4, 0.5) is 13.2 Å². The van der Waals surface area contributed by atoms with Crippen LogP contribution in [0.25, 0.3) is 0 Å². The second-order valence-electron chi connectivity index (χ2n) is 3.66. The van der Waals surface area contributed by atoms with Gasteiger partial charge >= 0.3 is 12.1 Å². The van der Waals surface area contributed by atoms with Gasteiger partial charge in [0.1, 0.15) is 0 Å². The number of aromatic carboxylic acids is 1. The summed E-state index contributed by atoms with van der Waals surface area (Å²) in [7, 11) is 0. The molecule has 1 aromatic rings. The molecule has 100 valence electrons. The van der Waals surface area contributed by atoms with Gasteiger partial charge in [0.15, 0.2) is 5.76 Å². The van der Waals surface area contributed by atoms with Gasteiger partial charge in [0.2, 0.25) is 5.76 Å². The Kier molecular flexibility index (Phi) is 4.00. The minimum atomic E-state index is -4.39. The summed E-state index contributed by atoms with van der Waals surface area (Å²) < 4.78 is 40.7. The lowest BCUT2D eigenvalue weighted by Gasteiger charge is -2.14.